The number of aromatic nitrogens is 2. The predicted molar refractivity (Wildman–Crippen MR) is 97.2 cm³/mol. The molecule has 1 heterocycles. The number of hydrogen-bond acceptors (Lipinski definition) is 3. The molecule has 5 nitrogen and oxygen atoms in total. The number of nitrogens with two attached hydrogens (primary N) is 1. The van der Waals surface area contributed by atoms with Gasteiger partial charge in [-0.2, -0.15) is 0 Å². The highest BCUT2D eigenvalue weighted by Crippen LogP contribution is 2.05. The van der Waals surface area contributed by atoms with Crippen molar-refractivity contribution < 1.29 is 4.79 Å². The van der Waals surface area contributed by atoms with Gasteiger partial charge in [0.1, 0.15) is 0 Å². The summed E-state index contributed by atoms with van der Waals surface area (Å²) < 4.78 is 2.00. The Hall–Kier alpha value is -1.56. The summed E-state index contributed by atoms with van der Waals surface area (Å²) in [6.07, 6.45) is 5.08. The van der Waals surface area contributed by atoms with Crippen LogP contribution in [-0.2, 0) is 17.8 Å². The number of nitrogens with zero attached hydrogens (tertiary/aromatic N) is 2. The monoisotopic (exact) mass is 358 g/mol. The van der Waals surface area contributed by atoms with Gasteiger partial charge in [-0.25, -0.2) is 4.98 Å². The number of amides is 1. The van der Waals surface area contributed by atoms with E-state index in [1.807, 2.05) is 35.9 Å². The molecule has 2 aromatic rings. The maximum absolute atomic E-state index is 11.7. The quantitative estimate of drug-likeness (QED) is 0.796. The number of carbonyl (C=O) groups is 1. The van der Waals surface area contributed by atoms with Gasteiger partial charge in [-0.05, 0) is 12.0 Å². The zero-order valence-electron chi connectivity index (χ0n) is 13.1. The second-order valence-electron chi connectivity index (χ2n) is 5.12. The molecule has 1 amide bonds. The third-order valence-corrected chi connectivity index (χ3v) is 3.21. The van der Waals surface area contributed by atoms with Crippen LogP contribution in [0.15, 0.2) is 42.9 Å². The molecule has 0 bridgehead atoms. The van der Waals surface area contributed by atoms with Crippen molar-refractivity contribution in [2.75, 3.05) is 6.54 Å². The number of carbonyl (C=O) groups excluding carboxylic acids is 1. The first kappa shape index (κ1) is 21.4. The van der Waals surface area contributed by atoms with Gasteiger partial charge in [0, 0.05) is 25.7 Å². The van der Waals surface area contributed by atoms with Crippen LogP contribution < -0.4 is 11.1 Å². The molecule has 0 fully saturated rings. The van der Waals surface area contributed by atoms with E-state index in [2.05, 4.69) is 22.4 Å². The fourth-order valence-corrected chi connectivity index (χ4v) is 2.09. The van der Waals surface area contributed by atoms with Crippen molar-refractivity contribution in [3.63, 3.8) is 0 Å². The summed E-state index contributed by atoms with van der Waals surface area (Å²) in [5, 5.41) is 2.80. The van der Waals surface area contributed by atoms with Gasteiger partial charge < -0.3 is 15.6 Å². The molecule has 0 saturated heterocycles. The van der Waals surface area contributed by atoms with Crippen LogP contribution in [0.4, 0.5) is 0 Å². The zero-order chi connectivity index (χ0) is 15.1. The van der Waals surface area contributed by atoms with Crippen molar-refractivity contribution in [2.24, 2.45) is 5.73 Å². The first-order valence-corrected chi connectivity index (χ1v) is 7.27. The molecule has 0 aliphatic heterocycles. The van der Waals surface area contributed by atoms with Crippen molar-refractivity contribution in [2.45, 2.75) is 32.4 Å². The molecular weight excluding hydrogens is 335 g/mol. The number of imidazole rings is 1. The van der Waals surface area contributed by atoms with Crippen LogP contribution in [0.2, 0.25) is 0 Å². The summed E-state index contributed by atoms with van der Waals surface area (Å²) in [7, 11) is 0. The first-order chi connectivity index (χ1) is 10.2. The third-order valence-electron chi connectivity index (χ3n) is 3.21. The van der Waals surface area contributed by atoms with Crippen LogP contribution in [-0.4, -0.2) is 28.0 Å². The van der Waals surface area contributed by atoms with Gasteiger partial charge in [0.15, 0.2) is 0 Å². The third kappa shape index (κ3) is 7.03. The highest BCUT2D eigenvalue weighted by molar-refractivity contribution is 5.85. The average molecular weight is 359 g/mol. The number of halogens is 2. The Morgan fingerprint density at radius 1 is 1.30 bits per heavy atom. The smallest absolute Gasteiger partial charge is 0.237 e. The van der Waals surface area contributed by atoms with E-state index in [9.17, 15) is 4.79 Å². The van der Waals surface area contributed by atoms with Crippen LogP contribution in [0, 0.1) is 0 Å². The van der Waals surface area contributed by atoms with E-state index in [0.717, 1.165) is 18.7 Å². The summed E-state index contributed by atoms with van der Waals surface area (Å²) >= 11 is 0. The lowest BCUT2D eigenvalue weighted by atomic mass is 10.1. The maximum atomic E-state index is 11.7. The normalized spacial score (nSPS) is 11.0. The van der Waals surface area contributed by atoms with Crippen LogP contribution in [0.25, 0.3) is 0 Å². The molecule has 0 spiro atoms. The standard InChI is InChI=1S/C16H22N4O.2ClH/c1-2-8-18-16(21)15(17)9-14-11-20(12-19-14)10-13-6-4-3-5-7-13;;/h3-7,11-12,15H,2,8-10,17H2,1H3,(H,18,21);2*1H/t15-;;/m0../s1. The SMILES string of the molecule is CCCNC(=O)[C@@H](N)Cc1cn(Cc2ccccc2)cn1.Cl.Cl. The van der Waals surface area contributed by atoms with E-state index in [1.165, 1.54) is 5.56 Å². The van der Waals surface area contributed by atoms with Crippen molar-refractivity contribution in [1.82, 2.24) is 14.9 Å². The summed E-state index contributed by atoms with van der Waals surface area (Å²) in [5.74, 6) is -0.116. The maximum Gasteiger partial charge on any atom is 0.237 e. The van der Waals surface area contributed by atoms with Gasteiger partial charge in [0.05, 0.1) is 18.1 Å². The lowest BCUT2D eigenvalue weighted by Gasteiger charge is -2.10. The Labute approximate surface area is 149 Å². The zero-order valence-corrected chi connectivity index (χ0v) is 14.8. The summed E-state index contributed by atoms with van der Waals surface area (Å²) in [6, 6.07) is 9.63. The minimum absolute atomic E-state index is 0. The Balaban J connectivity index is 0.00000242. The molecule has 3 N–H and O–H groups in total. The number of hydrogen-bond donors (Lipinski definition) is 2. The molecule has 1 aromatic carbocycles. The van der Waals surface area contributed by atoms with E-state index < -0.39 is 6.04 Å². The van der Waals surface area contributed by atoms with Crippen molar-refractivity contribution in [3.8, 4) is 0 Å². The molecule has 0 unspecified atom stereocenters. The van der Waals surface area contributed by atoms with Crippen LogP contribution >= 0.6 is 24.8 Å². The molecule has 0 aliphatic rings. The molecule has 2 rings (SSSR count). The highest BCUT2D eigenvalue weighted by Gasteiger charge is 2.14. The molecule has 7 heteroatoms. The molecule has 0 aliphatic carbocycles. The lowest BCUT2D eigenvalue weighted by molar-refractivity contribution is -0.122. The Bertz CT molecular complexity index is 574. The van der Waals surface area contributed by atoms with Crippen molar-refractivity contribution >= 4 is 30.7 Å². The minimum Gasteiger partial charge on any atom is -0.355 e. The van der Waals surface area contributed by atoms with E-state index in [0.29, 0.717) is 13.0 Å². The van der Waals surface area contributed by atoms with Crippen molar-refractivity contribution in [3.05, 3.63) is 54.1 Å². The average Bonchev–Trinajstić information content (AvgIpc) is 2.92. The van der Waals surface area contributed by atoms with Gasteiger partial charge in [0.2, 0.25) is 5.91 Å². The van der Waals surface area contributed by atoms with E-state index in [1.54, 1.807) is 6.33 Å². The van der Waals surface area contributed by atoms with Gasteiger partial charge >= 0.3 is 0 Å². The van der Waals surface area contributed by atoms with Gasteiger partial charge in [-0.3, -0.25) is 4.79 Å². The van der Waals surface area contributed by atoms with Gasteiger partial charge in [-0.1, -0.05) is 37.3 Å². The molecule has 23 heavy (non-hydrogen) atoms. The summed E-state index contributed by atoms with van der Waals surface area (Å²) in [6.45, 7) is 3.44. The topological polar surface area (TPSA) is 72.9 Å². The van der Waals surface area contributed by atoms with Gasteiger partial charge in [-0.15, -0.1) is 24.8 Å². The second kappa shape index (κ2) is 11.0. The number of nitrogens with one attached hydrogen (secondary N) is 1. The van der Waals surface area contributed by atoms with Crippen LogP contribution in [0.5, 0.6) is 0 Å². The largest absolute Gasteiger partial charge is 0.355 e. The Kier molecular flexibility index (Phi) is 10.3. The lowest BCUT2D eigenvalue weighted by Crippen LogP contribution is -2.42. The Morgan fingerprint density at radius 2 is 2.00 bits per heavy atom. The minimum atomic E-state index is -0.545. The van der Waals surface area contributed by atoms with Crippen molar-refractivity contribution in [1.29, 1.82) is 0 Å². The van der Waals surface area contributed by atoms with Crippen LogP contribution in [0.1, 0.15) is 24.6 Å². The predicted octanol–water partition coefficient (Wildman–Crippen LogP) is 2.17. The first-order valence-electron chi connectivity index (χ1n) is 7.27. The van der Waals surface area contributed by atoms with Crippen LogP contribution in [0.3, 0.4) is 0 Å². The molecule has 0 saturated carbocycles. The second-order valence-corrected chi connectivity index (χ2v) is 5.12. The van der Waals surface area contributed by atoms with E-state index in [-0.39, 0.29) is 30.7 Å². The fraction of sp³-hybridized carbons (Fsp3) is 0.375. The molecule has 128 valence electrons. The molecule has 1 aromatic heterocycles. The molecular formula is C16H24Cl2N4O. The molecule has 1 atom stereocenters. The number of benzene rings is 1. The molecule has 0 radical (unpaired) electrons. The summed E-state index contributed by atoms with van der Waals surface area (Å²) in [5.41, 5.74) is 7.94. The number of rotatable bonds is 7. The highest BCUT2D eigenvalue weighted by atomic mass is 35.5. The summed E-state index contributed by atoms with van der Waals surface area (Å²) in [4.78, 5) is 16.1. The Morgan fingerprint density at radius 3 is 2.65 bits per heavy atom. The van der Waals surface area contributed by atoms with E-state index >= 15 is 0 Å². The fourth-order valence-electron chi connectivity index (χ4n) is 2.09. The van der Waals surface area contributed by atoms with Gasteiger partial charge in [0.25, 0.3) is 0 Å². The van der Waals surface area contributed by atoms with E-state index in [4.69, 9.17) is 5.73 Å².